The SMILES string of the molecule is COC(=O)C(COc1ccccc1)c1ccco1. The van der Waals surface area contributed by atoms with Gasteiger partial charge in [0.05, 0.1) is 13.4 Å². The van der Waals surface area contributed by atoms with Crippen molar-refractivity contribution in [2.75, 3.05) is 13.7 Å². The summed E-state index contributed by atoms with van der Waals surface area (Å²) in [6.45, 7) is 0.185. The van der Waals surface area contributed by atoms with Crippen LogP contribution in [0.1, 0.15) is 11.7 Å². The lowest BCUT2D eigenvalue weighted by Crippen LogP contribution is -2.20. The highest BCUT2D eigenvalue weighted by Gasteiger charge is 2.25. The van der Waals surface area contributed by atoms with Crippen LogP contribution in [-0.2, 0) is 9.53 Å². The normalized spacial score (nSPS) is 11.8. The number of carbonyl (C=O) groups excluding carboxylic acids is 1. The molecule has 0 saturated heterocycles. The van der Waals surface area contributed by atoms with Crippen molar-refractivity contribution >= 4 is 5.97 Å². The van der Waals surface area contributed by atoms with Gasteiger partial charge in [-0.2, -0.15) is 0 Å². The number of esters is 1. The van der Waals surface area contributed by atoms with Gasteiger partial charge in [0, 0.05) is 0 Å². The van der Waals surface area contributed by atoms with Gasteiger partial charge >= 0.3 is 5.97 Å². The predicted molar refractivity (Wildman–Crippen MR) is 65.4 cm³/mol. The lowest BCUT2D eigenvalue weighted by molar-refractivity contribution is -0.143. The third kappa shape index (κ3) is 2.91. The van der Waals surface area contributed by atoms with Crippen molar-refractivity contribution in [3.8, 4) is 5.75 Å². The Balaban J connectivity index is 2.05. The maximum atomic E-state index is 11.7. The van der Waals surface area contributed by atoms with Crippen LogP contribution in [0.3, 0.4) is 0 Å². The summed E-state index contributed by atoms with van der Waals surface area (Å²) in [6, 6.07) is 12.8. The molecule has 0 aliphatic carbocycles. The van der Waals surface area contributed by atoms with E-state index < -0.39 is 5.92 Å². The van der Waals surface area contributed by atoms with Crippen molar-refractivity contribution in [1.29, 1.82) is 0 Å². The van der Waals surface area contributed by atoms with Crippen LogP contribution in [-0.4, -0.2) is 19.7 Å². The number of rotatable bonds is 5. The van der Waals surface area contributed by atoms with E-state index in [1.54, 1.807) is 12.1 Å². The Labute approximate surface area is 105 Å². The highest BCUT2D eigenvalue weighted by molar-refractivity contribution is 5.77. The van der Waals surface area contributed by atoms with Crippen LogP contribution in [0.15, 0.2) is 53.1 Å². The van der Waals surface area contributed by atoms with Crippen molar-refractivity contribution in [3.63, 3.8) is 0 Å². The van der Waals surface area contributed by atoms with E-state index in [9.17, 15) is 4.79 Å². The zero-order valence-electron chi connectivity index (χ0n) is 10.0. The second kappa shape index (κ2) is 5.91. The molecule has 0 aliphatic rings. The molecule has 94 valence electrons. The summed E-state index contributed by atoms with van der Waals surface area (Å²) in [7, 11) is 1.35. The molecule has 18 heavy (non-hydrogen) atoms. The second-order valence-electron chi connectivity index (χ2n) is 3.72. The number of carbonyl (C=O) groups is 1. The van der Waals surface area contributed by atoms with E-state index in [1.807, 2.05) is 30.3 Å². The van der Waals surface area contributed by atoms with Crippen LogP contribution in [0.2, 0.25) is 0 Å². The number of para-hydroxylation sites is 1. The lowest BCUT2D eigenvalue weighted by atomic mass is 10.1. The van der Waals surface area contributed by atoms with Crippen LogP contribution in [0, 0.1) is 0 Å². The Morgan fingerprint density at radius 3 is 2.61 bits per heavy atom. The fourth-order valence-corrected chi connectivity index (χ4v) is 1.59. The van der Waals surface area contributed by atoms with Crippen molar-refractivity contribution in [3.05, 3.63) is 54.5 Å². The molecule has 0 saturated carbocycles. The van der Waals surface area contributed by atoms with Crippen LogP contribution in [0.4, 0.5) is 0 Å². The molecule has 0 fully saturated rings. The molecule has 4 heteroatoms. The van der Waals surface area contributed by atoms with E-state index in [4.69, 9.17) is 13.9 Å². The smallest absolute Gasteiger partial charge is 0.319 e. The predicted octanol–water partition coefficient (Wildman–Crippen LogP) is 2.62. The monoisotopic (exact) mass is 246 g/mol. The average Bonchev–Trinajstić information content (AvgIpc) is 2.94. The summed E-state index contributed by atoms with van der Waals surface area (Å²) < 4.78 is 15.5. The minimum atomic E-state index is -0.551. The highest BCUT2D eigenvalue weighted by Crippen LogP contribution is 2.20. The minimum absolute atomic E-state index is 0.185. The fourth-order valence-electron chi connectivity index (χ4n) is 1.59. The molecule has 1 heterocycles. The van der Waals surface area contributed by atoms with Gasteiger partial charge in [-0.15, -0.1) is 0 Å². The standard InChI is InChI=1S/C14H14O4/c1-16-14(15)12(13-8-5-9-17-13)10-18-11-6-3-2-4-7-11/h2-9,12H,10H2,1H3. The molecule has 1 aromatic heterocycles. The summed E-state index contributed by atoms with van der Waals surface area (Å²) in [5, 5.41) is 0. The van der Waals surface area contributed by atoms with Crippen molar-refractivity contribution < 1.29 is 18.7 Å². The zero-order chi connectivity index (χ0) is 12.8. The van der Waals surface area contributed by atoms with E-state index in [1.165, 1.54) is 13.4 Å². The Morgan fingerprint density at radius 1 is 1.22 bits per heavy atom. The third-order valence-corrected chi connectivity index (χ3v) is 2.53. The van der Waals surface area contributed by atoms with Gasteiger partial charge in [-0.25, -0.2) is 0 Å². The Morgan fingerprint density at radius 2 is 2.00 bits per heavy atom. The molecule has 0 bridgehead atoms. The van der Waals surface area contributed by atoms with Gasteiger partial charge in [-0.05, 0) is 24.3 Å². The Bertz CT molecular complexity index is 476. The Hall–Kier alpha value is -2.23. The average molecular weight is 246 g/mol. The molecule has 1 aromatic carbocycles. The van der Waals surface area contributed by atoms with Gasteiger partial charge in [0.1, 0.15) is 24.0 Å². The van der Waals surface area contributed by atoms with Crippen LogP contribution in [0.5, 0.6) is 5.75 Å². The van der Waals surface area contributed by atoms with E-state index in [0.717, 1.165) is 0 Å². The molecule has 1 atom stereocenters. The maximum Gasteiger partial charge on any atom is 0.319 e. The molecular weight excluding hydrogens is 232 g/mol. The third-order valence-electron chi connectivity index (χ3n) is 2.53. The van der Waals surface area contributed by atoms with E-state index in [-0.39, 0.29) is 12.6 Å². The molecule has 0 aliphatic heterocycles. The van der Waals surface area contributed by atoms with E-state index >= 15 is 0 Å². The summed E-state index contributed by atoms with van der Waals surface area (Å²) in [5.74, 6) is 0.321. The van der Waals surface area contributed by atoms with Crippen LogP contribution < -0.4 is 4.74 Å². The van der Waals surface area contributed by atoms with Gasteiger partial charge < -0.3 is 13.9 Å². The molecule has 0 N–H and O–H groups in total. The molecule has 2 rings (SSSR count). The van der Waals surface area contributed by atoms with Gasteiger partial charge in [0.25, 0.3) is 0 Å². The summed E-state index contributed by atoms with van der Waals surface area (Å²) in [4.78, 5) is 11.7. The number of methoxy groups -OCH3 is 1. The minimum Gasteiger partial charge on any atom is -0.492 e. The number of furan rings is 1. The number of ether oxygens (including phenoxy) is 2. The fraction of sp³-hybridized carbons (Fsp3) is 0.214. The molecule has 0 amide bonds. The lowest BCUT2D eigenvalue weighted by Gasteiger charge is -2.13. The van der Waals surface area contributed by atoms with Gasteiger partial charge in [0.2, 0.25) is 0 Å². The molecular formula is C14H14O4. The van der Waals surface area contributed by atoms with E-state index in [0.29, 0.717) is 11.5 Å². The topological polar surface area (TPSA) is 48.7 Å². The molecule has 4 nitrogen and oxygen atoms in total. The van der Waals surface area contributed by atoms with Crippen molar-refractivity contribution in [2.45, 2.75) is 5.92 Å². The second-order valence-corrected chi connectivity index (χ2v) is 3.72. The zero-order valence-corrected chi connectivity index (χ0v) is 10.0. The van der Waals surface area contributed by atoms with Gasteiger partial charge in [-0.1, -0.05) is 18.2 Å². The molecule has 2 aromatic rings. The molecule has 0 radical (unpaired) electrons. The van der Waals surface area contributed by atoms with Crippen molar-refractivity contribution in [1.82, 2.24) is 0 Å². The summed E-state index contributed by atoms with van der Waals surface area (Å²) in [5.41, 5.74) is 0. The van der Waals surface area contributed by atoms with Crippen molar-refractivity contribution in [2.24, 2.45) is 0 Å². The summed E-state index contributed by atoms with van der Waals surface area (Å²) >= 11 is 0. The van der Waals surface area contributed by atoms with Gasteiger partial charge in [-0.3, -0.25) is 4.79 Å². The highest BCUT2D eigenvalue weighted by atomic mass is 16.5. The molecule has 1 unspecified atom stereocenters. The maximum absolute atomic E-state index is 11.7. The van der Waals surface area contributed by atoms with Crippen LogP contribution >= 0.6 is 0 Å². The largest absolute Gasteiger partial charge is 0.492 e. The number of hydrogen-bond donors (Lipinski definition) is 0. The van der Waals surface area contributed by atoms with E-state index in [2.05, 4.69) is 0 Å². The first kappa shape index (κ1) is 12.2. The summed E-state index contributed by atoms with van der Waals surface area (Å²) in [6.07, 6.45) is 1.52. The number of hydrogen-bond acceptors (Lipinski definition) is 4. The first-order chi connectivity index (χ1) is 8.81. The van der Waals surface area contributed by atoms with Crippen LogP contribution in [0.25, 0.3) is 0 Å². The van der Waals surface area contributed by atoms with Gasteiger partial charge in [0.15, 0.2) is 0 Å². The Kier molecular flexibility index (Phi) is 4.02. The quantitative estimate of drug-likeness (QED) is 0.761. The molecule has 0 spiro atoms. The first-order valence-electron chi connectivity index (χ1n) is 5.60. The number of benzene rings is 1. The first-order valence-corrected chi connectivity index (χ1v) is 5.60.